The van der Waals surface area contributed by atoms with Gasteiger partial charge >= 0.3 is 10.2 Å². The van der Waals surface area contributed by atoms with Crippen molar-refractivity contribution in [1.82, 2.24) is 4.31 Å². The molecule has 0 spiro atoms. The lowest BCUT2D eigenvalue weighted by atomic mass is 10.1. The number of anilines is 1. The first-order valence-electron chi connectivity index (χ1n) is 6.32. The predicted molar refractivity (Wildman–Crippen MR) is 77.3 cm³/mol. The third-order valence-electron chi connectivity index (χ3n) is 2.90. The first-order chi connectivity index (χ1) is 8.86. The highest BCUT2D eigenvalue weighted by Gasteiger charge is 2.20. The Kier molecular flexibility index (Phi) is 5.78. The molecule has 0 fully saturated rings. The molecule has 0 amide bonds. The van der Waals surface area contributed by atoms with Crippen LogP contribution in [0.1, 0.15) is 25.8 Å². The summed E-state index contributed by atoms with van der Waals surface area (Å²) in [6, 6.07) is 7.13. The third kappa shape index (κ3) is 4.81. The molecule has 0 aliphatic rings. The summed E-state index contributed by atoms with van der Waals surface area (Å²) in [5, 5.41) is 8.80. The van der Waals surface area contributed by atoms with Crippen molar-refractivity contribution in [3.8, 4) is 0 Å². The summed E-state index contributed by atoms with van der Waals surface area (Å²) in [5.41, 5.74) is 1.55. The largest absolute Gasteiger partial charge is 0.396 e. The molecule has 5 nitrogen and oxygen atoms in total. The lowest BCUT2D eigenvalue weighted by molar-refractivity contribution is 0.288. The van der Waals surface area contributed by atoms with E-state index in [1.54, 1.807) is 25.2 Å². The van der Waals surface area contributed by atoms with Gasteiger partial charge in [0.1, 0.15) is 0 Å². The van der Waals surface area contributed by atoms with E-state index in [9.17, 15) is 8.42 Å². The summed E-state index contributed by atoms with van der Waals surface area (Å²) in [4.78, 5) is 0. The topological polar surface area (TPSA) is 69.6 Å². The second-order valence-corrected chi connectivity index (χ2v) is 6.47. The van der Waals surface area contributed by atoms with Crippen molar-refractivity contribution in [2.45, 2.75) is 32.7 Å². The van der Waals surface area contributed by atoms with Crippen LogP contribution >= 0.6 is 0 Å². The average molecular weight is 286 g/mol. The summed E-state index contributed by atoms with van der Waals surface area (Å²) in [5.74, 6) is 0. The van der Waals surface area contributed by atoms with Crippen molar-refractivity contribution in [2.24, 2.45) is 0 Å². The molecule has 0 aliphatic carbocycles. The number of nitrogens with zero attached hydrogens (tertiary/aromatic N) is 1. The molecule has 1 aromatic rings. The van der Waals surface area contributed by atoms with Gasteiger partial charge in [-0.15, -0.1) is 0 Å². The van der Waals surface area contributed by atoms with Crippen molar-refractivity contribution in [2.75, 3.05) is 18.4 Å². The number of rotatable bonds is 7. The van der Waals surface area contributed by atoms with Crippen LogP contribution in [0.25, 0.3) is 0 Å². The van der Waals surface area contributed by atoms with Crippen LogP contribution in [0.3, 0.4) is 0 Å². The van der Waals surface area contributed by atoms with Gasteiger partial charge in [-0.2, -0.15) is 12.7 Å². The van der Waals surface area contributed by atoms with E-state index < -0.39 is 10.2 Å². The zero-order chi connectivity index (χ0) is 14.5. The number of hydrogen-bond donors (Lipinski definition) is 2. The van der Waals surface area contributed by atoms with Gasteiger partial charge in [-0.05, 0) is 44.4 Å². The smallest absolute Gasteiger partial charge is 0.301 e. The van der Waals surface area contributed by atoms with E-state index in [2.05, 4.69) is 4.72 Å². The zero-order valence-corrected chi connectivity index (χ0v) is 12.4. The molecule has 0 atom stereocenters. The van der Waals surface area contributed by atoms with Crippen LogP contribution in [0.5, 0.6) is 0 Å². The van der Waals surface area contributed by atoms with Crippen LogP contribution in [0.15, 0.2) is 24.3 Å². The van der Waals surface area contributed by atoms with Gasteiger partial charge in [0.25, 0.3) is 0 Å². The van der Waals surface area contributed by atoms with Gasteiger partial charge in [0, 0.05) is 19.7 Å². The maximum absolute atomic E-state index is 12.0. The molecular formula is C13H22N2O3S. The minimum Gasteiger partial charge on any atom is -0.396 e. The summed E-state index contributed by atoms with van der Waals surface area (Å²) in [6.45, 7) is 3.76. The number of hydrogen-bond acceptors (Lipinski definition) is 3. The number of benzene rings is 1. The average Bonchev–Trinajstić information content (AvgIpc) is 2.35. The lowest BCUT2D eigenvalue weighted by Gasteiger charge is -2.21. The monoisotopic (exact) mass is 286 g/mol. The van der Waals surface area contributed by atoms with E-state index in [0.717, 1.165) is 12.0 Å². The minimum absolute atomic E-state index is 0.102. The van der Waals surface area contributed by atoms with Gasteiger partial charge in [0.2, 0.25) is 0 Å². The fourth-order valence-electron chi connectivity index (χ4n) is 1.57. The zero-order valence-electron chi connectivity index (χ0n) is 11.6. The quantitative estimate of drug-likeness (QED) is 0.800. The van der Waals surface area contributed by atoms with Crippen molar-refractivity contribution in [1.29, 1.82) is 0 Å². The van der Waals surface area contributed by atoms with Gasteiger partial charge in [-0.25, -0.2) is 0 Å². The first kappa shape index (κ1) is 15.9. The van der Waals surface area contributed by atoms with Crippen molar-refractivity contribution < 1.29 is 13.5 Å². The summed E-state index contributed by atoms with van der Waals surface area (Å²) in [6.07, 6.45) is 1.40. The normalized spacial score (nSPS) is 12.1. The highest BCUT2D eigenvalue weighted by atomic mass is 32.2. The molecule has 19 heavy (non-hydrogen) atoms. The molecule has 6 heteroatoms. The van der Waals surface area contributed by atoms with Crippen LogP contribution in [0.4, 0.5) is 5.69 Å². The second-order valence-electron chi connectivity index (χ2n) is 4.74. The molecule has 2 N–H and O–H groups in total. The van der Waals surface area contributed by atoms with Gasteiger partial charge in [0.15, 0.2) is 0 Å². The fourth-order valence-corrected chi connectivity index (χ4v) is 2.70. The van der Waals surface area contributed by atoms with Crippen molar-refractivity contribution in [3.05, 3.63) is 29.8 Å². The van der Waals surface area contributed by atoms with E-state index in [0.29, 0.717) is 12.1 Å². The molecule has 0 unspecified atom stereocenters. The highest BCUT2D eigenvalue weighted by Crippen LogP contribution is 2.15. The Morgan fingerprint density at radius 2 is 2.05 bits per heavy atom. The molecular weight excluding hydrogens is 264 g/mol. The Morgan fingerprint density at radius 1 is 1.37 bits per heavy atom. The Hall–Kier alpha value is -1.11. The van der Waals surface area contributed by atoms with Crippen molar-refractivity contribution in [3.63, 3.8) is 0 Å². The van der Waals surface area contributed by atoms with Crippen molar-refractivity contribution >= 4 is 15.9 Å². The standard InChI is InChI=1S/C13H22N2O3S/c1-11(2)15(3)19(17,18)14-13-8-4-6-12(10-13)7-5-9-16/h4,6,8,10-11,14,16H,5,7,9H2,1-3H3. The van der Waals surface area contributed by atoms with Crippen LogP contribution in [0.2, 0.25) is 0 Å². The molecule has 1 rings (SSSR count). The molecule has 0 radical (unpaired) electrons. The summed E-state index contributed by atoms with van der Waals surface area (Å²) < 4.78 is 27.9. The van der Waals surface area contributed by atoms with E-state index in [4.69, 9.17) is 5.11 Å². The molecule has 0 saturated carbocycles. The Bertz CT molecular complexity index is 500. The summed E-state index contributed by atoms with van der Waals surface area (Å²) >= 11 is 0. The second kappa shape index (κ2) is 6.88. The molecule has 0 heterocycles. The van der Waals surface area contributed by atoms with Gasteiger partial charge < -0.3 is 5.11 Å². The Balaban J connectivity index is 2.82. The maximum atomic E-state index is 12.0. The number of aliphatic hydroxyl groups is 1. The number of nitrogens with one attached hydrogen (secondary N) is 1. The molecule has 108 valence electrons. The third-order valence-corrected chi connectivity index (χ3v) is 4.58. The van der Waals surface area contributed by atoms with Gasteiger partial charge in [-0.3, -0.25) is 4.72 Å². The van der Waals surface area contributed by atoms with Gasteiger partial charge in [-0.1, -0.05) is 12.1 Å². The van der Waals surface area contributed by atoms with Crippen LogP contribution in [0, 0.1) is 0 Å². The Labute approximate surface area is 115 Å². The summed E-state index contributed by atoms with van der Waals surface area (Å²) in [7, 11) is -1.97. The molecule has 0 aromatic heterocycles. The van der Waals surface area contributed by atoms with E-state index in [1.807, 2.05) is 19.9 Å². The number of aliphatic hydroxyl groups excluding tert-OH is 1. The van der Waals surface area contributed by atoms with E-state index in [1.165, 1.54) is 4.31 Å². The highest BCUT2D eigenvalue weighted by molar-refractivity contribution is 7.90. The minimum atomic E-state index is -3.52. The van der Waals surface area contributed by atoms with Crippen LogP contribution < -0.4 is 4.72 Å². The fraction of sp³-hybridized carbons (Fsp3) is 0.538. The van der Waals surface area contributed by atoms with Crippen LogP contribution in [-0.4, -0.2) is 37.5 Å². The number of aryl methyl sites for hydroxylation is 1. The molecule has 1 aromatic carbocycles. The molecule has 0 bridgehead atoms. The predicted octanol–water partition coefficient (Wildman–Crippen LogP) is 1.61. The maximum Gasteiger partial charge on any atom is 0.301 e. The first-order valence-corrected chi connectivity index (χ1v) is 7.76. The SMILES string of the molecule is CC(C)N(C)S(=O)(=O)Nc1cccc(CCCO)c1. The van der Waals surface area contributed by atoms with Crippen LogP contribution in [-0.2, 0) is 16.6 Å². The van der Waals surface area contributed by atoms with Gasteiger partial charge in [0.05, 0.1) is 5.69 Å². The molecule has 0 aliphatic heterocycles. The van der Waals surface area contributed by atoms with E-state index in [-0.39, 0.29) is 12.6 Å². The lowest BCUT2D eigenvalue weighted by Crippen LogP contribution is -2.37. The van der Waals surface area contributed by atoms with E-state index >= 15 is 0 Å². The molecule has 0 saturated heterocycles. The Morgan fingerprint density at radius 3 is 2.63 bits per heavy atom.